The number of pyridine rings is 1. The first-order valence-corrected chi connectivity index (χ1v) is 3.48. The van der Waals surface area contributed by atoms with E-state index < -0.39 is 11.7 Å². The number of rotatable bonds is 0. The van der Waals surface area contributed by atoms with Crippen LogP contribution < -0.4 is 0 Å². The molecule has 12 heavy (non-hydrogen) atoms. The Labute approximate surface area is 76.1 Å². The predicted octanol–water partition coefficient (Wildman–Crippen LogP) is 3.21. The van der Waals surface area contributed by atoms with Crippen molar-refractivity contribution in [2.45, 2.75) is 6.18 Å². The van der Waals surface area contributed by atoms with Crippen molar-refractivity contribution in [3.05, 3.63) is 28.0 Å². The lowest BCUT2D eigenvalue weighted by molar-refractivity contribution is -0.138. The van der Waals surface area contributed by atoms with Gasteiger partial charge in [0.05, 0.1) is 10.6 Å². The second-order valence-corrected chi connectivity index (χ2v) is 2.68. The fourth-order valence-electron chi connectivity index (χ4n) is 0.526. The van der Waals surface area contributed by atoms with E-state index in [9.17, 15) is 13.2 Å². The molecule has 0 aliphatic heterocycles. The summed E-state index contributed by atoms with van der Waals surface area (Å²) in [7, 11) is 0. The van der Waals surface area contributed by atoms with E-state index in [-0.39, 0.29) is 10.2 Å². The molecule has 0 bridgehead atoms. The number of hydrogen-bond donors (Lipinski definition) is 0. The van der Waals surface area contributed by atoms with Crippen LogP contribution in [0.2, 0.25) is 10.2 Å². The molecule has 1 radical (unpaired) electrons. The molecule has 0 saturated heterocycles. The zero-order valence-electron chi connectivity index (χ0n) is 5.41. The topological polar surface area (TPSA) is 12.9 Å². The van der Waals surface area contributed by atoms with Crippen LogP contribution in [-0.2, 0) is 6.18 Å². The average molecular weight is 215 g/mol. The number of halogens is 5. The maximum absolute atomic E-state index is 11.9. The minimum atomic E-state index is -4.48. The molecule has 1 aromatic rings. The van der Waals surface area contributed by atoms with Crippen molar-refractivity contribution in [1.29, 1.82) is 0 Å². The van der Waals surface area contributed by atoms with Crippen LogP contribution in [0.15, 0.2) is 6.07 Å². The van der Waals surface area contributed by atoms with E-state index in [0.717, 1.165) is 0 Å². The van der Waals surface area contributed by atoms with Crippen molar-refractivity contribution in [3.8, 4) is 0 Å². The lowest BCUT2D eigenvalue weighted by Crippen LogP contribution is -2.05. The molecule has 0 aliphatic rings. The third kappa shape index (κ3) is 2.01. The summed E-state index contributed by atoms with van der Waals surface area (Å²) in [5, 5.41) is -0.424. The molecule has 0 atom stereocenters. The summed E-state index contributed by atoms with van der Waals surface area (Å²) in [5.41, 5.74) is -1.03. The van der Waals surface area contributed by atoms with Crippen LogP contribution in [0.3, 0.4) is 0 Å². The van der Waals surface area contributed by atoms with E-state index in [2.05, 4.69) is 4.98 Å². The summed E-state index contributed by atoms with van der Waals surface area (Å²) >= 11 is 10.6. The van der Waals surface area contributed by atoms with E-state index >= 15 is 0 Å². The van der Waals surface area contributed by atoms with E-state index in [0.29, 0.717) is 6.07 Å². The van der Waals surface area contributed by atoms with Crippen molar-refractivity contribution in [1.82, 2.24) is 4.98 Å². The van der Waals surface area contributed by atoms with Gasteiger partial charge in [0.2, 0.25) is 0 Å². The Hall–Kier alpha value is -0.480. The van der Waals surface area contributed by atoms with Crippen molar-refractivity contribution in [2.24, 2.45) is 0 Å². The van der Waals surface area contributed by atoms with Crippen molar-refractivity contribution in [2.75, 3.05) is 0 Å². The van der Waals surface area contributed by atoms with Crippen LogP contribution in [0, 0.1) is 6.20 Å². The third-order valence-corrected chi connectivity index (χ3v) is 1.72. The zero-order valence-corrected chi connectivity index (χ0v) is 6.93. The van der Waals surface area contributed by atoms with E-state index in [1.165, 1.54) is 0 Å². The molecule has 0 amide bonds. The molecule has 6 heteroatoms. The summed E-state index contributed by atoms with van der Waals surface area (Å²) in [4.78, 5) is 3.13. The molecule has 0 spiro atoms. The van der Waals surface area contributed by atoms with E-state index in [1.807, 2.05) is 0 Å². The molecule has 1 aromatic heterocycles. The Bertz CT molecular complexity index is 297. The molecule has 1 nitrogen and oxygen atoms in total. The molecular weight excluding hydrogens is 214 g/mol. The van der Waals surface area contributed by atoms with Gasteiger partial charge in [-0.3, -0.25) is 0 Å². The summed E-state index contributed by atoms with van der Waals surface area (Å²) in [6.45, 7) is 0. The van der Waals surface area contributed by atoms with Gasteiger partial charge in [-0.1, -0.05) is 23.2 Å². The molecular formula is C6HCl2F3N. The predicted molar refractivity (Wildman–Crippen MR) is 38.1 cm³/mol. The summed E-state index contributed by atoms with van der Waals surface area (Å²) < 4.78 is 35.8. The van der Waals surface area contributed by atoms with Crippen LogP contribution in [-0.4, -0.2) is 4.98 Å². The third-order valence-electron chi connectivity index (χ3n) is 1.05. The number of nitrogens with zero attached hydrogens (tertiary/aromatic N) is 1. The second kappa shape index (κ2) is 3.11. The smallest absolute Gasteiger partial charge is 0.232 e. The van der Waals surface area contributed by atoms with Gasteiger partial charge >= 0.3 is 6.18 Å². The molecule has 0 unspecified atom stereocenters. The fourth-order valence-corrected chi connectivity index (χ4v) is 0.775. The van der Waals surface area contributed by atoms with E-state index in [1.54, 1.807) is 6.20 Å². The van der Waals surface area contributed by atoms with Gasteiger partial charge in [-0.25, -0.2) is 4.98 Å². The normalized spacial score (nSPS) is 11.8. The first-order chi connectivity index (χ1) is 5.41. The maximum atomic E-state index is 11.9. The first kappa shape index (κ1) is 9.61. The summed E-state index contributed by atoms with van der Waals surface area (Å²) in [6, 6.07) is 0.677. The highest BCUT2D eigenvalue weighted by atomic mass is 35.5. The van der Waals surface area contributed by atoms with Gasteiger partial charge in [-0.15, -0.1) is 0 Å². The van der Waals surface area contributed by atoms with Gasteiger partial charge in [0.15, 0.2) is 0 Å². The van der Waals surface area contributed by atoms with Gasteiger partial charge in [0, 0.05) is 0 Å². The zero-order chi connectivity index (χ0) is 9.35. The van der Waals surface area contributed by atoms with Crippen LogP contribution in [0.25, 0.3) is 0 Å². The van der Waals surface area contributed by atoms with Crippen LogP contribution in [0.1, 0.15) is 5.56 Å². The van der Waals surface area contributed by atoms with E-state index in [4.69, 9.17) is 23.2 Å². The number of alkyl halides is 3. The highest BCUT2D eigenvalue weighted by Gasteiger charge is 2.31. The molecule has 0 saturated carbocycles. The monoisotopic (exact) mass is 214 g/mol. The Kier molecular flexibility index (Phi) is 2.49. The SMILES string of the molecule is FC(F)(F)c1[c]nc(Cl)c(Cl)c1. The van der Waals surface area contributed by atoms with Gasteiger partial charge < -0.3 is 0 Å². The lowest BCUT2D eigenvalue weighted by atomic mass is 10.3. The molecule has 0 aliphatic carbocycles. The highest BCUT2D eigenvalue weighted by molar-refractivity contribution is 6.41. The number of aromatic nitrogens is 1. The molecule has 65 valence electrons. The molecule has 0 fully saturated rings. The summed E-state index contributed by atoms with van der Waals surface area (Å²) in [6.07, 6.45) is -2.76. The van der Waals surface area contributed by atoms with Crippen molar-refractivity contribution >= 4 is 23.2 Å². The first-order valence-electron chi connectivity index (χ1n) is 2.72. The highest BCUT2D eigenvalue weighted by Crippen LogP contribution is 2.31. The fraction of sp³-hybridized carbons (Fsp3) is 0.167. The minimum absolute atomic E-state index is 0.190. The van der Waals surface area contributed by atoms with Crippen LogP contribution in [0.4, 0.5) is 13.2 Å². The van der Waals surface area contributed by atoms with Gasteiger partial charge in [0.1, 0.15) is 11.3 Å². The van der Waals surface area contributed by atoms with Crippen molar-refractivity contribution < 1.29 is 13.2 Å². The average Bonchev–Trinajstić information content (AvgIpc) is 1.92. The molecule has 1 heterocycles. The van der Waals surface area contributed by atoms with Gasteiger partial charge in [-0.05, 0) is 6.07 Å². The summed E-state index contributed by atoms with van der Waals surface area (Å²) in [5.74, 6) is 0. The molecule has 0 N–H and O–H groups in total. The van der Waals surface area contributed by atoms with Crippen molar-refractivity contribution in [3.63, 3.8) is 0 Å². The molecule has 1 rings (SSSR count). The maximum Gasteiger partial charge on any atom is 0.418 e. The quantitative estimate of drug-likeness (QED) is 0.605. The lowest BCUT2D eigenvalue weighted by Gasteiger charge is -2.05. The van der Waals surface area contributed by atoms with Crippen LogP contribution >= 0.6 is 23.2 Å². The second-order valence-electron chi connectivity index (χ2n) is 1.92. The van der Waals surface area contributed by atoms with Gasteiger partial charge in [-0.2, -0.15) is 13.2 Å². The van der Waals surface area contributed by atoms with Gasteiger partial charge in [0.25, 0.3) is 0 Å². The van der Waals surface area contributed by atoms with Crippen LogP contribution in [0.5, 0.6) is 0 Å². The number of hydrogen-bond acceptors (Lipinski definition) is 1. The Balaban J connectivity index is 3.14. The Morgan fingerprint density at radius 2 is 1.92 bits per heavy atom. The molecule has 0 aromatic carbocycles. The Morgan fingerprint density at radius 1 is 1.33 bits per heavy atom. The minimum Gasteiger partial charge on any atom is -0.232 e. The largest absolute Gasteiger partial charge is 0.418 e. The standard InChI is InChI=1S/C6HCl2F3N/c7-4-1-3(6(9,10)11)2-12-5(4)8/h1H. The Morgan fingerprint density at radius 3 is 2.33 bits per heavy atom.